The molecule has 0 rings (SSSR count). The lowest BCUT2D eigenvalue weighted by molar-refractivity contribution is -0.144. The number of ketones is 1. The highest BCUT2D eigenvalue weighted by Crippen LogP contribution is 2.15. The van der Waals surface area contributed by atoms with Gasteiger partial charge in [-0.1, -0.05) is 0 Å². The Balaban J connectivity index is 3.60. The summed E-state index contributed by atoms with van der Waals surface area (Å²) in [6.45, 7) is 0.566. The Bertz CT molecular complexity index is 155. The van der Waals surface area contributed by atoms with Crippen LogP contribution in [-0.4, -0.2) is 37.0 Å². The van der Waals surface area contributed by atoms with Crippen molar-refractivity contribution in [1.82, 2.24) is 4.90 Å². The van der Waals surface area contributed by atoms with Gasteiger partial charge < -0.3 is 0 Å². The van der Waals surface area contributed by atoms with Crippen molar-refractivity contribution in [2.24, 2.45) is 0 Å². The maximum absolute atomic E-state index is 11.7. The van der Waals surface area contributed by atoms with Gasteiger partial charge in [0.1, 0.15) is 5.78 Å². The summed E-state index contributed by atoms with van der Waals surface area (Å²) < 4.78 is 35.1. The van der Waals surface area contributed by atoms with E-state index in [9.17, 15) is 18.0 Å². The highest BCUT2D eigenvalue weighted by atomic mass is 19.4. The molecule has 0 aromatic rings. The van der Waals surface area contributed by atoms with Gasteiger partial charge in [0.25, 0.3) is 0 Å². The fourth-order valence-corrected chi connectivity index (χ4v) is 0.733. The summed E-state index contributed by atoms with van der Waals surface area (Å²) in [5, 5.41) is 0. The zero-order valence-corrected chi connectivity index (χ0v) is 7.11. The van der Waals surface area contributed by atoms with Crippen molar-refractivity contribution < 1.29 is 18.0 Å². The molecular formula is C7H12F3NO. The SMILES string of the molecule is CC(=O)CCN(C)CC(F)(F)F. The molecule has 0 aromatic heterocycles. The first-order valence-electron chi connectivity index (χ1n) is 3.56. The van der Waals surface area contributed by atoms with Crippen LogP contribution in [0.15, 0.2) is 0 Å². The number of Topliss-reactive ketones (excluding diaryl/α,β-unsaturated/α-hetero) is 1. The molecule has 0 heterocycles. The Labute approximate surface area is 69.3 Å². The zero-order chi connectivity index (χ0) is 9.78. The molecule has 0 aliphatic heterocycles. The van der Waals surface area contributed by atoms with Gasteiger partial charge in [-0.2, -0.15) is 13.2 Å². The van der Waals surface area contributed by atoms with E-state index in [1.165, 1.54) is 14.0 Å². The van der Waals surface area contributed by atoms with Crippen LogP contribution in [0.2, 0.25) is 0 Å². The van der Waals surface area contributed by atoms with E-state index in [1.807, 2.05) is 0 Å². The maximum Gasteiger partial charge on any atom is 0.401 e. The van der Waals surface area contributed by atoms with Gasteiger partial charge in [0, 0.05) is 13.0 Å². The van der Waals surface area contributed by atoms with Crippen LogP contribution in [0, 0.1) is 0 Å². The van der Waals surface area contributed by atoms with E-state index in [1.54, 1.807) is 0 Å². The van der Waals surface area contributed by atoms with E-state index in [0.717, 1.165) is 4.90 Å². The second-order valence-electron chi connectivity index (χ2n) is 2.80. The average Bonchev–Trinajstić information content (AvgIpc) is 1.79. The van der Waals surface area contributed by atoms with E-state index < -0.39 is 12.7 Å². The maximum atomic E-state index is 11.7. The van der Waals surface area contributed by atoms with Crippen LogP contribution in [-0.2, 0) is 4.79 Å². The van der Waals surface area contributed by atoms with Crippen LogP contribution in [0.4, 0.5) is 13.2 Å². The Kier molecular flexibility index (Phi) is 4.23. The summed E-state index contributed by atoms with van der Waals surface area (Å²) in [5.41, 5.74) is 0. The van der Waals surface area contributed by atoms with E-state index >= 15 is 0 Å². The topological polar surface area (TPSA) is 20.3 Å². The molecule has 0 aromatic carbocycles. The smallest absolute Gasteiger partial charge is 0.300 e. The number of carbonyl (C=O) groups is 1. The summed E-state index contributed by atoms with van der Waals surface area (Å²) in [7, 11) is 1.34. The number of hydrogen-bond acceptors (Lipinski definition) is 2. The van der Waals surface area contributed by atoms with Crippen LogP contribution in [0.25, 0.3) is 0 Å². The Hall–Kier alpha value is -0.580. The van der Waals surface area contributed by atoms with Crippen molar-refractivity contribution in [3.63, 3.8) is 0 Å². The van der Waals surface area contributed by atoms with Gasteiger partial charge in [-0.25, -0.2) is 0 Å². The third-order valence-corrected chi connectivity index (χ3v) is 1.29. The van der Waals surface area contributed by atoms with Crippen molar-refractivity contribution in [3.8, 4) is 0 Å². The van der Waals surface area contributed by atoms with E-state index in [0.29, 0.717) is 0 Å². The Morgan fingerprint density at radius 1 is 1.42 bits per heavy atom. The average molecular weight is 183 g/mol. The lowest BCUT2D eigenvalue weighted by Gasteiger charge is -2.17. The van der Waals surface area contributed by atoms with Gasteiger partial charge in [-0.15, -0.1) is 0 Å². The van der Waals surface area contributed by atoms with Gasteiger partial charge in [-0.05, 0) is 14.0 Å². The highest BCUT2D eigenvalue weighted by Gasteiger charge is 2.28. The fourth-order valence-electron chi connectivity index (χ4n) is 0.733. The minimum absolute atomic E-state index is 0.0935. The van der Waals surface area contributed by atoms with Crippen molar-refractivity contribution >= 4 is 5.78 Å². The molecule has 2 nitrogen and oxygen atoms in total. The van der Waals surface area contributed by atoms with E-state index in [2.05, 4.69) is 0 Å². The molecular weight excluding hydrogens is 171 g/mol. The lowest BCUT2D eigenvalue weighted by Crippen LogP contribution is -2.32. The highest BCUT2D eigenvalue weighted by molar-refractivity contribution is 5.75. The van der Waals surface area contributed by atoms with Gasteiger partial charge in [-0.3, -0.25) is 9.69 Å². The second-order valence-corrected chi connectivity index (χ2v) is 2.80. The van der Waals surface area contributed by atoms with Crippen molar-refractivity contribution in [1.29, 1.82) is 0 Å². The molecule has 0 saturated heterocycles. The quantitative estimate of drug-likeness (QED) is 0.657. The van der Waals surface area contributed by atoms with Crippen LogP contribution in [0.3, 0.4) is 0 Å². The Morgan fingerprint density at radius 2 is 1.92 bits per heavy atom. The van der Waals surface area contributed by atoms with Gasteiger partial charge in [0.2, 0.25) is 0 Å². The lowest BCUT2D eigenvalue weighted by atomic mass is 10.3. The third-order valence-electron chi connectivity index (χ3n) is 1.29. The zero-order valence-electron chi connectivity index (χ0n) is 7.11. The first-order chi connectivity index (χ1) is 5.31. The third kappa shape index (κ3) is 7.53. The van der Waals surface area contributed by atoms with Crippen LogP contribution in [0.5, 0.6) is 0 Å². The van der Waals surface area contributed by atoms with Crippen molar-refractivity contribution in [2.45, 2.75) is 19.5 Å². The molecule has 0 bridgehead atoms. The molecule has 5 heteroatoms. The molecule has 0 N–H and O–H groups in total. The predicted octanol–water partition coefficient (Wildman–Crippen LogP) is 1.46. The molecule has 0 aliphatic rings. The monoisotopic (exact) mass is 183 g/mol. The number of rotatable bonds is 4. The number of nitrogens with zero attached hydrogens (tertiary/aromatic N) is 1. The summed E-state index contributed by atoms with van der Waals surface area (Å²) in [6, 6.07) is 0. The van der Waals surface area contributed by atoms with Crippen LogP contribution >= 0.6 is 0 Å². The first kappa shape index (κ1) is 11.4. The van der Waals surface area contributed by atoms with Crippen LogP contribution in [0.1, 0.15) is 13.3 Å². The largest absolute Gasteiger partial charge is 0.401 e. The number of carbonyl (C=O) groups excluding carboxylic acids is 1. The number of hydrogen-bond donors (Lipinski definition) is 0. The van der Waals surface area contributed by atoms with Gasteiger partial charge in [0.15, 0.2) is 0 Å². The Morgan fingerprint density at radius 3 is 2.25 bits per heavy atom. The predicted molar refractivity (Wildman–Crippen MR) is 38.9 cm³/mol. The number of halogens is 3. The molecule has 0 radical (unpaired) electrons. The molecule has 12 heavy (non-hydrogen) atoms. The second kappa shape index (κ2) is 4.45. The van der Waals surface area contributed by atoms with Gasteiger partial charge >= 0.3 is 6.18 Å². The van der Waals surface area contributed by atoms with Crippen molar-refractivity contribution in [2.75, 3.05) is 20.1 Å². The molecule has 0 fully saturated rings. The molecule has 0 aliphatic carbocycles. The molecule has 0 unspecified atom stereocenters. The summed E-state index contributed by atoms with van der Waals surface area (Å²) >= 11 is 0. The summed E-state index contributed by atoms with van der Waals surface area (Å²) in [4.78, 5) is 11.5. The van der Waals surface area contributed by atoms with Crippen LogP contribution < -0.4 is 0 Å². The standard InChI is InChI=1S/C7H12F3NO/c1-6(12)3-4-11(2)5-7(8,9)10/h3-5H2,1-2H3. The summed E-state index contributed by atoms with van der Waals surface area (Å²) in [5.74, 6) is -0.0935. The summed E-state index contributed by atoms with van der Waals surface area (Å²) in [6.07, 6.45) is -4.00. The minimum Gasteiger partial charge on any atom is -0.300 e. The van der Waals surface area contributed by atoms with Gasteiger partial charge in [0.05, 0.1) is 6.54 Å². The number of alkyl halides is 3. The molecule has 0 spiro atoms. The molecule has 0 saturated carbocycles. The molecule has 0 amide bonds. The van der Waals surface area contributed by atoms with E-state index in [4.69, 9.17) is 0 Å². The van der Waals surface area contributed by atoms with E-state index in [-0.39, 0.29) is 18.7 Å². The molecule has 72 valence electrons. The fraction of sp³-hybridized carbons (Fsp3) is 0.857. The first-order valence-corrected chi connectivity index (χ1v) is 3.56. The molecule has 0 atom stereocenters. The normalized spacial score (nSPS) is 12.2. The van der Waals surface area contributed by atoms with Crippen molar-refractivity contribution in [3.05, 3.63) is 0 Å². The minimum atomic E-state index is -4.18.